The number of aromatic nitrogens is 3. The van der Waals surface area contributed by atoms with Crippen LogP contribution in [0.1, 0.15) is 56.7 Å². The Morgan fingerprint density at radius 2 is 2.09 bits per heavy atom. The van der Waals surface area contributed by atoms with Gasteiger partial charge in [0.15, 0.2) is 17.7 Å². The van der Waals surface area contributed by atoms with Gasteiger partial charge in [-0.05, 0) is 62.8 Å². The molecule has 1 aromatic carbocycles. The fraction of sp³-hybridized carbons (Fsp3) is 0.391. The molecule has 3 N–H and O–H groups in total. The number of nitrogens with two attached hydrogens (primary N) is 1. The molecule has 0 amide bonds. The molecule has 32 heavy (non-hydrogen) atoms. The van der Waals surface area contributed by atoms with Gasteiger partial charge >= 0.3 is 0 Å². The summed E-state index contributed by atoms with van der Waals surface area (Å²) in [6, 6.07) is 0.537. The number of halogens is 3. The molecule has 3 heterocycles. The molecule has 9 heteroatoms. The fourth-order valence-corrected chi connectivity index (χ4v) is 3.19. The molecular formula is C23H26F3N5O. The van der Waals surface area contributed by atoms with E-state index in [9.17, 15) is 13.2 Å². The summed E-state index contributed by atoms with van der Waals surface area (Å²) in [6.45, 7) is -10.9. The minimum atomic E-state index is -3.55. The molecule has 2 aromatic heterocycles. The molecule has 1 aliphatic heterocycles. The number of benzene rings is 1. The number of hydrogen-bond donors (Lipinski definition) is 2. The van der Waals surface area contributed by atoms with Gasteiger partial charge in [-0.3, -0.25) is 4.68 Å². The summed E-state index contributed by atoms with van der Waals surface area (Å²) < 4.78 is 137. The van der Waals surface area contributed by atoms with Gasteiger partial charge in [-0.2, -0.15) is 5.10 Å². The molecule has 0 bridgehead atoms. The van der Waals surface area contributed by atoms with Crippen LogP contribution in [0.3, 0.4) is 0 Å². The van der Waals surface area contributed by atoms with Gasteiger partial charge in [-0.1, -0.05) is 6.07 Å². The first-order valence-electron chi connectivity index (χ1n) is 14.9. The number of aryl methyl sites for hydroxylation is 1. The number of piperidine rings is 1. The molecule has 6 nitrogen and oxygen atoms in total. The Morgan fingerprint density at radius 1 is 1.28 bits per heavy atom. The quantitative estimate of drug-likeness (QED) is 0.567. The number of alkyl halides is 2. The van der Waals surface area contributed by atoms with Gasteiger partial charge in [0, 0.05) is 42.8 Å². The van der Waals surface area contributed by atoms with E-state index in [1.165, 1.54) is 18.6 Å². The van der Waals surface area contributed by atoms with Crippen LogP contribution in [0.5, 0.6) is 5.75 Å². The Labute approximate surface area is 200 Å². The van der Waals surface area contributed by atoms with Crippen molar-refractivity contribution in [1.29, 1.82) is 0 Å². The summed E-state index contributed by atoms with van der Waals surface area (Å²) in [5.74, 6) is -2.40. The van der Waals surface area contributed by atoms with Crippen LogP contribution in [0.25, 0.3) is 11.1 Å². The lowest BCUT2D eigenvalue weighted by molar-refractivity contribution is 0.00988. The SMILES string of the molecule is [2H]C1([2H])CC([2H])(n2cc(-c3cnc(N)c(OC(c4c(C([2H])([2H])[2H])ccc(F)c4C([2H])([2H])[2H])C(F)F)c3)cn2)CC([2H])([2H])N1. The molecule has 0 aliphatic carbocycles. The zero-order valence-corrected chi connectivity index (χ0v) is 16.5. The van der Waals surface area contributed by atoms with Crippen LogP contribution in [-0.4, -0.2) is 34.2 Å². The number of nitrogen functional groups attached to an aromatic ring is 1. The summed E-state index contributed by atoms with van der Waals surface area (Å²) in [5, 5.41) is 6.27. The molecule has 0 spiro atoms. The smallest absolute Gasteiger partial charge is 0.279 e. The van der Waals surface area contributed by atoms with E-state index >= 15 is 0 Å². The van der Waals surface area contributed by atoms with E-state index in [0.717, 1.165) is 10.7 Å². The first-order valence-corrected chi connectivity index (χ1v) is 9.42. The molecular weight excluding hydrogens is 419 g/mol. The van der Waals surface area contributed by atoms with Gasteiger partial charge in [-0.15, -0.1) is 0 Å². The second-order valence-electron chi connectivity index (χ2n) is 6.94. The molecule has 0 saturated carbocycles. The number of nitrogens with one attached hydrogen (secondary N) is 1. The maximum atomic E-state index is 14.8. The minimum Gasteiger partial charge on any atom is -0.476 e. The minimum absolute atomic E-state index is 0.137. The number of rotatable bonds is 6. The van der Waals surface area contributed by atoms with E-state index in [4.69, 9.17) is 25.5 Å². The highest BCUT2D eigenvalue weighted by atomic mass is 19.3. The average Bonchev–Trinajstić information content (AvgIpc) is 3.30. The first kappa shape index (κ1) is 12.2. The standard InChI is InChI=1S/C23H26F3N5O/c1-13-3-4-18(24)14(2)20(13)21(22(25)26)32-19-9-15(10-29-23(19)27)16-11-30-31(12-16)17-5-7-28-8-6-17/h3-4,9-12,17,21-22,28H,5-8H2,1-2H3,(H2,27,29)/i1D3,2D3,7D2,8D2,17D. The summed E-state index contributed by atoms with van der Waals surface area (Å²) in [4.78, 5) is 3.90. The van der Waals surface area contributed by atoms with Gasteiger partial charge in [-0.25, -0.2) is 18.2 Å². The van der Waals surface area contributed by atoms with Crippen molar-refractivity contribution in [2.45, 2.75) is 45.1 Å². The summed E-state index contributed by atoms with van der Waals surface area (Å²) in [7, 11) is 0. The molecule has 4 rings (SSSR count). The van der Waals surface area contributed by atoms with Crippen LogP contribution in [-0.2, 0) is 0 Å². The van der Waals surface area contributed by atoms with Crippen molar-refractivity contribution in [2.75, 3.05) is 18.7 Å². The Kier molecular flexibility index (Phi) is 3.52. The van der Waals surface area contributed by atoms with E-state index in [0.29, 0.717) is 12.1 Å². The lowest BCUT2D eigenvalue weighted by atomic mass is 9.97. The second-order valence-corrected chi connectivity index (χ2v) is 6.94. The van der Waals surface area contributed by atoms with E-state index in [-0.39, 0.29) is 11.1 Å². The third-order valence-electron chi connectivity index (χ3n) is 4.85. The zero-order valence-electron chi connectivity index (χ0n) is 27.5. The summed E-state index contributed by atoms with van der Waals surface area (Å²) in [6.07, 6.45) is -3.35. The van der Waals surface area contributed by atoms with Crippen molar-refractivity contribution >= 4 is 5.82 Å². The highest BCUT2D eigenvalue weighted by Crippen LogP contribution is 2.36. The van der Waals surface area contributed by atoms with E-state index in [1.807, 2.05) is 0 Å². The maximum Gasteiger partial charge on any atom is 0.279 e. The van der Waals surface area contributed by atoms with Crippen molar-refractivity contribution < 1.29 is 33.0 Å². The third kappa shape index (κ3) is 4.43. The predicted molar refractivity (Wildman–Crippen MR) is 116 cm³/mol. The highest BCUT2D eigenvalue weighted by molar-refractivity contribution is 5.66. The Morgan fingerprint density at radius 3 is 2.81 bits per heavy atom. The third-order valence-corrected chi connectivity index (χ3v) is 4.85. The van der Waals surface area contributed by atoms with Gasteiger partial charge in [0.2, 0.25) is 0 Å². The number of hydrogen-bond acceptors (Lipinski definition) is 5. The number of pyridine rings is 1. The Bertz CT molecular complexity index is 1490. The van der Waals surface area contributed by atoms with Crippen molar-refractivity contribution in [2.24, 2.45) is 0 Å². The lowest BCUT2D eigenvalue weighted by Crippen LogP contribution is -2.29. The average molecular weight is 457 g/mol. The topological polar surface area (TPSA) is 78.0 Å². The van der Waals surface area contributed by atoms with Gasteiger partial charge in [0.25, 0.3) is 6.43 Å². The van der Waals surface area contributed by atoms with E-state index < -0.39 is 92.2 Å². The Hall–Kier alpha value is -3.07. The number of nitrogens with zero attached hydrogens (tertiary/aromatic N) is 3. The maximum absolute atomic E-state index is 14.8. The zero-order chi connectivity index (χ0) is 32.3. The van der Waals surface area contributed by atoms with Crippen LogP contribution in [0.4, 0.5) is 19.0 Å². The first-order chi connectivity index (χ1) is 19.5. The van der Waals surface area contributed by atoms with Crippen molar-refractivity contribution in [3.05, 3.63) is 59.3 Å². The molecule has 1 unspecified atom stereocenters. The van der Waals surface area contributed by atoms with E-state index in [1.54, 1.807) is 0 Å². The summed E-state index contributed by atoms with van der Waals surface area (Å²) >= 11 is 0. The normalized spacial score (nSPS) is 25.8. The highest BCUT2D eigenvalue weighted by Gasteiger charge is 2.30. The second kappa shape index (κ2) is 9.20. The van der Waals surface area contributed by atoms with Crippen LogP contribution in [0, 0.1) is 19.5 Å². The molecule has 1 aliphatic rings. The largest absolute Gasteiger partial charge is 0.476 e. The van der Waals surface area contributed by atoms with Crippen molar-refractivity contribution in [3.8, 4) is 16.9 Å². The van der Waals surface area contributed by atoms with Gasteiger partial charge in [0.1, 0.15) is 5.82 Å². The number of anilines is 1. The van der Waals surface area contributed by atoms with E-state index in [2.05, 4.69) is 15.4 Å². The number of ether oxygens (including phenoxy) is 1. The van der Waals surface area contributed by atoms with Crippen LogP contribution < -0.4 is 15.8 Å². The molecule has 0 radical (unpaired) electrons. The Balaban J connectivity index is 1.77. The molecule has 170 valence electrons. The molecule has 1 atom stereocenters. The van der Waals surface area contributed by atoms with Gasteiger partial charge in [0.05, 0.1) is 13.6 Å². The van der Waals surface area contributed by atoms with Gasteiger partial charge < -0.3 is 15.8 Å². The lowest BCUT2D eigenvalue weighted by Gasteiger charge is -2.23. The molecule has 1 saturated heterocycles. The van der Waals surface area contributed by atoms with Crippen LogP contribution in [0.15, 0.2) is 36.8 Å². The predicted octanol–water partition coefficient (Wildman–Crippen LogP) is 4.59. The van der Waals surface area contributed by atoms with Crippen molar-refractivity contribution in [3.63, 3.8) is 0 Å². The molecule has 3 aromatic rings. The fourth-order valence-electron chi connectivity index (χ4n) is 3.19. The van der Waals surface area contributed by atoms with Crippen LogP contribution in [0.2, 0.25) is 0 Å². The van der Waals surface area contributed by atoms with Crippen molar-refractivity contribution in [1.82, 2.24) is 20.1 Å². The molecule has 1 fully saturated rings. The van der Waals surface area contributed by atoms with Crippen LogP contribution >= 0.6 is 0 Å². The summed E-state index contributed by atoms with van der Waals surface area (Å²) in [5.41, 5.74) is 3.05. The monoisotopic (exact) mass is 456 g/mol.